The number of hydrogen-bond donors (Lipinski definition) is 2. The molecule has 5 heteroatoms. The molecule has 0 bridgehead atoms. The van der Waals surface area contributed by atoms with Crippen LogP contribution >= 0.6 is 0 Å². The summed E-state index contributed by atoms with van der Waals surface area (Å²) in [6.07, 6.45) is 1.93. The summed E-state index contributed by atoms with van der Waals surface area (Å²) in [6, 6.07) is 12.9. The van der Waals surface area contributed by atoms with Gasteiger partial charge in [-0.1, -0.05) is 30.3 Å². The number of likely N-dealkylation sites (N-methyl/N-ethyl adjacent to an activating group) is 1. The maximum Gasteiger partial charge on any atom is 0.0896 e. The van der Waals surface area contributed by atoms with Crippen LogP contribution in [-0.4, -0.2) is 47.9 Å². The van der Waals surface area contributed by atoms with E-state index in [2.05, 4.69) is 57.8 Å². The molecule has 2 atom stereocenters. The molecule has 2 N–H and O–H groups in total. The van der Waals surface area contributed by atoms with Crippen LogP contribution in [0.1, 0.15) is 17.3 Å². The van der Waals surface area contributed by atoms with Crippen LogP contribution in [0.2, 0.25) is 0 Å². The Labute approximate surface area is 125 Å². The van der Waals surface area contributed by atoms with Gasteiger partial charge < -0.3 is 10.1 Å². The van der Waals surface area contributed by atoms with Crippen molar-refractivity contribution >= 4 is 0 Å². The third kappa shape index (κ3) is 3.50. The number of hydrogen-bond acceptors (Lipinski definition) is 4. The van der Waals surface area contributed by atoms with Crippen LogP contribution in [0.5, 0.6) is 0 Å². The highest BCUT2D eigenvalue weighted by Crippen LogP contribution is 2.27. The van der Waals surface area contributed by atoms with Crippen molar-refractivity contribution in [1.29, 1.82) is 0 Å². The van der Waals surface area contributed by atoms with Gasteiger partial charge in [0.2, 0.25) is 0 Å². The summed E-state index contributed by atoms with van der Waals surface area (Å²) >= 11 is 0. The number of benzene rings is 1. The molecule has 21 heavy (non-hydrogen) atoms. The Hall–Kier alpha value is -1.69. The zero-order valence-electron chi connectivity index (χ0n) is 12.3. The highest BCUT2D eigenvalue weighted by Gasteiger charge is 2.30. The van der Waals surface area contributed by atoms with Crippen LogP contribution in [0, 0.1) is 0 Å². The first kappa shape index (κ1) is 14.3. The molecular weight excluding hydrogens is 264 g/mol. The van der Waals surface area contributed by atoms with Gasteiger partial charge in [-0.05, 0) is 18.7 Å². The second-order valence-corrected chi connectivity index (χ2v) is 5.46. The van der Waals surface area contributed by atoms with Gasteiger partial charge in [-0.25, -0.2) is 0 Å². The topological polar surface area (TPSA) is 53.2 Å². The number of H-pyrrole nitrogens is 1. The van der Waals surface area contributed by atoms with E-state index in [1.807, 2.05) is 6.07 Å². The lowest BCUT2D eigenvalue weighted by Crippen LogP contribution is -2.47. The Morgan fingerprint density at radius 2 is 2.19 bits per heavy atom. The third-order valence-corrected chi connectivity index (χ3v) is 3.96. The Bertz CT molecular complexity index is 528. The molecule has 1 fully saturated rings. The van der Waals surface area contributed by atoms with Crippen molar-refractivity contribution in [3.63, 3.8) is 0 Å². The molecule has 0 radical (unpaired) electrons. The van der Waals surface area contributed by atoms with Crippen LogP contribution < -0.4 is 5.32 Å². The smallest absolute Gasteiger partial charge is 0.0896 e. The SMILES string of the molecule is CN1CCO[C@@H](CNCc2ccn[nH]2)[C@@H]1c1ccccc1. The summed E-state index contributed by atoms with van der Waals surface area (Å²) in [7, 11) is 2.17. The van der Waals surface area contributed by atoms with E-state index in [0.717, 1.165) is 31.9 Å². The first-order chi connectivity index (χ1) is 10.3. The number of aromatic amines is 1. The van der Waals surface area contributed by atoms with Gasteiger partial charge in [0, 0.05) is 31.5 Å². The normalized spacial score (nSPS) is 23.3. The summed E-state index contributed by atoms with van der Waals surface area (Å²) in [5.41, 5.74) is 2.41. The Balaban J connectivity index is 1.63. The van der Waals surface area contributed by atoms with Gasteiger partial charge >= 0.3 is 0 Å². The van der Waals surface area contributed by atoms with Crippen LogP contribution in [-0.2, 0) is 11.3 Å². The average Bonchev–Trinajstić information content (AvgIpc) is 3.02. The molecule has 0 unspecified atom stereocenters. The molecule has 1 aliphatic heterocycles. The Morgan fingerprint density at radius 1 is 1.33 bits per heavy atom. The number of ether oxygens (including phenoxy) is 1. The van der Waals surface area contributed by atoms with Crippen molar-refractivity contribution in [1.82, 2.24) is 20.4 Å². The second-order valence-electron chi connectivity index (χ2n) is 5.46. The van der Waals surface area contributed by atoms with Crippen LogP contribution in [0.15, 0.2) is 42.6 Å². The summed E-state index contributed by atoms with van der Waals surface area (Å²) in [5.74, 6) is 0. The van der Waals surface area contributed by atoms with Gasteiger partial charge in [0.05, 0.1) is 18.8 Å². The summed E-state index contributed by atoms with van der Waals surface area (Å²) in [5, 5.41) is 10.4. The number of rotatable bonds is 5. The lowest BCUT2D eigenvalue weighted by molar-refractivity contribution is -0.0615. The molecule has 2 aromatic rings. The van der Waals surface area contributed by atoms with E-state index < -0.39 is 0 Å². The van der Waals surface area contributed by atoms with E-state index in [0.29, 0.717) is 6.04 Å². The number of morpholine rings is 1. The van der Waals surface area contributed by atoms with Crippen LogP contribution in [0.3, 0.4) is 0 Å². The Morgan fingerprint density at radius 3 is 2.95 bits per heavy atom. The fourth-order valence-electron chi connectivity index (χ4n) is 2.88. The maximum absolute atomic E-state index is 6.00. The third-order valence-electron chi connectivity index (χ3n) is 3.96. The van der Waals surface area contributed by atoms with E-state index >= 15 is 0 Å². The highest BCUT2D eigenvalue weighted by atomic mass is 16.5. The monoisotopic (exact) mass is 286 g/mol. The minimum Gasteiger partial charge on any atom is -0.374 e. The molecule has 1 saturated heterocycles. The molecule has 112 valence electrons. The van der Waals surface area contributed by atoms with Crippen molar-refractivity contribution in [2.75, 3.05) is 26.7 Å². The number of aromatic nitrogens is 2. The fraction of sp³-hybridized carbons (Fsp3) is 0.438. The van der Waals surface area contributed by atoms with Gasteiger partial charge in [-0.15, -0.1) is 0 Å². The summed E-state index contributed by atoms with van der Waals surface area (Å²) in [4.78, 5) is 2.38. The van der Waals surface area contributed by atoms with E-state index in [1.165, 1.54) is 5.56 Å². The van der Waals surface area contributed by atoms with E-state index in [1.54, 1.807) is 6.20 Å². The van der Waals surface area contributed by atoms with Crippen molar-refractivity contribution in [3.05, 3.63) is 53.9 Å². The standard InChI is InChI=1S/C16H22N4O/c1-20-9-10-21-15(12-17-11-14-7-8-18-19-14)16(20)13-5-3-2-4-6-13/h2-8,15-17H,9-12H2,1H3,(H,18,19)/t15-,16-/m0/s1. The van der Waals surface area contributed by atoms with Gasteiger partial charge in [-0.3, -0.25) is 10.00 Å². The van der Waals surface area contributed by atoms with Gasteiger partial charge in [0.25, 0.3) is 0 Å². The number of nitrogens with zero attached hydrogens (tertiary/aromatic N) is 2. The predicted octanol–water partition coefficient (Wildman–Crippen LogP) is 1.57. The molecule has 1 aromatic heterocycles. The van der Waals surface area contributed by atoms with E-state index in [-0.39, 0.29) is 6.10 Å². The maximum atomic E-state index is 6.00. The van der Waals surface area contributed by atoms with Crippen molar-refractivity contribution < 1.29 is 4.74 Å². The van der Waals surface area contributed by atoms with Gasteiger partial charge in [0.1, 0.15) is 0 Å². The number of nitrogens with one attached hydrogen (secondary N) is 2. The molecule has 0 amide bonds. The molecular formula is C16H22N4O. The average molecular weight is 286 g/mol. The molecule has 5 nitrogen and oxygen atoms in total. The zero-order valence-corrected chi connectivity index (χ0v) is 12.3. The lowest BCUT2D eigenvalue weighted by atomic mass is 9.98. The van der Waals surface area contributed by atoms with Crippen molar-refractivity contribution in [3.8, 4) is 0 Å². The van der Waals surface area contributed by atoms with Gasteiger partial charge in [0.15, 0.2) is 0 Å². The van der Waals surface area contributed by atoms with E-state index in [9.17, 15) is 0 Å². The highest BCUT2D eigenvalue weighted by molar-refractivity contribution is 5.21. The van der Waals surface area contributed by atoms with Crippen molar-refractivity contribution in [2.45, 2.75) is 18.7 Å². The molecule has 0 spiro atoms. The zero-order chi connectivity index (χ0) is 14.5. The minimum atomic E-state index is 0.161. The van der Waals surface area contributed by atoms with E-state index in [4.69, 9.17) is 4.74 Å². The molecule has 2 heterocycles. The Kier molecular flexibility index (Phi) is 4.65. The summed E-state index contributed by atoms with van der Waals surface area (Å²) in [6.45, 7) is 3.36. The first-order valence-electron chi connectivity index (χ1n) is 7.40. The lowest BCUT2D eigenvalue weighted by Gasteiger charge is -2.39. The quantitative estimate of drug-likeness (QED) is 0.876. The van der Waals surface area contributed by atoms with Crippen LogP contribution in [0.25, 0.3) is 0 Å². The minimum absolute atomic E-state index is 0.161. The molecule has 1 aliphatic rings. The largest absolute Gasteiger partial charge is 0.374 e. The predicted molar refractivity (Wildman–Crippen MR) is 81.8 cm³/mol. The van der Waals surface area contributed by atoms with Gasteiger partial charge in [-0.2, -0.15) is 5.10 Å². The van der Waals surface area contributed by atoms with Crippen LogP contribution in [0.4, 0.5) is 0 Å². The fourth-order valence-corrected chi connectivity index (χ4v) is 2.88. The molecule has 0 aliphatic carbocycles. The first-order valence-corrected chi connectivity index (χ1v) is 7.40. The molecule has 3 rings (SSSR count). The molecule has 0 saturated carbocycles. The van der Waals surface area contributed by atoms with Crippen molar-refractivity contribution in [2.24, 2.45) is 0 Å². The molecule has 1 aromatic carbocycles. The second kappa shape index (κ2) is 6.85. The summed E-state index contributed by atoms with van der Waals surface area (Å²) < 4.78 is 6.00.